The molecule has 0 spiro atoms. The maximum absolute atomic E-state index is 12.4. The van der Waals surface area contributed by atoms with Gasteiger partial charge in [0.05, 0.1) is 0 Å². The molecule has 0 atom stereocenters. The molecule has 0 N–H and O–H groups in total. The Bertz CT molecular complexity index is 482. The van der Waals surface area contributed by atoms with Crippen molar-refractivity contribution in [1.29, 1.82) is 5.26 Å². The van der Waals surface area contributed by atoms with Gasteiger partial charge in [0.2, 0.25) is 0 Å². The normalized spacial score (nSPS) is 10.2. The van der Waals surface area contributed by atoms with Gasteiger partial charge >= 0.3 is 0 Å². The lowest BCUT2D eigenvalue weighted by Gasteiger charge is -1.87. The Morgan fingerprint density at radius 1 is 1.62 bits per heavy atom. The summed E-state index contributed by atoms with van der Waals surface area (Å²) in [6.45, 7) is -0.744. The van der Waals surface area contributed by atoms with Gasteiger partial charge in [0, 0.05) is 12.4 Å². The summed E-state index contributed by atoms with van der Waals surface area (Å²) in [7, 11) is 0. The molecule has 0 aliphatic rings. The Morgan fingerprint density at radius 2 is 2.46 bits per heavy atom. The summed E-state index contributed by atoms with van der Waals surface area (Å²) >= 11 is 0. The van der Waals surface area contributed by atoms with Crippen LogP contribution in [-0.2, 0) is 6.67 Å². The number of rotatable bonds is 1. The molecule has 0 fully saturated rings. The van der Waals surface area contributed by atoms with Crippen LogP contribution in [0.2, 0.25) is 0 Å². The van der Waals surface area contributed by atoms with Crippen LogP contribution in [0, 0.1) is 11.3 Å². The molecular formula is C8H5FN4. The molecule has 0 aliphatic carbocycles. The van der Waals surface area contributed by atoms with Crippen molar-refractivity contribution < 1.29 is 4.39 Å². The highest BCUT2D eigenvalue weighted by Crippen LogP contribution is 2.12. The fourth-order valence-corrected chi connectivity index (χ4v) is 1.14. The van der Waals surface area contributed by atoms with Crippen molar-refractivity contribution in [2.45, 2.75) is 6.67 Å². The zero-order chi connectivity index (χ0) is 9.26. The molecule has 4 nitrogen and oxygen atoms in total. The summed E-state index contributed by atoms with van der Waals surface area (Å²) in [6.07, 6.45) is 3.17. The molecule has 0 bridgehead atoms. The molecular weight excluding hydrogens is 171 g/mol. The van der Waals surface area contributed by atoms with Crippen LogP contribution in [0.15, 0.2) is 18.5 Å². The molecule has 0 saturated heterocycles. The third-order valence-electron chi connectivity index (χ3n) is 1.71. The SMILES string of the molecule is N#Cc1c(CF)nn2cccnc12. The van der Waals surface area contributed by atoms with Crippen LogP contribution in [0.25, 0.3) is 5.65 Å². The van der Waals surface area contributed by atoms with Crippen LogP contribution in [0.5, 0.6) is 0 Å². The number of hydrogen-bond acceptors (Lipinski definition) is 3. The van der Waals surface area contributed by atoms with Crippen LogP contribution in [0.4, 0.5) is 4.39 Å². The lowest BCUT2D eigenvalue weighted by Crippen LogP contribution is -1.87. The summed E-state index contributed by atoms with van der Waals surface area (Å²) in [5.41, 5.74) is 0.752. The highest BCUT2D eigenvalue weighted by Gasteiger charge is 2.11. The largest absolute Gasteiger partial charge is 0.244 e. The van der Waals surface area contributed by atoms with E-state index in [0.29, 0.717) is 5.65 Å². The maximum Gasteiger partial charge on any atom is 0.173 e. The standard InChI is InChI=1S/C8H5FN4/c9-4-7-6(5-10)8-11-2-1-3-13(8)12-7/h1-3H,4H2. The number of fused-ring (bicyclic) bond motifs is 1. The van der Waals surface area contributed by atoms with Gasteiger partial charge in [-0.3, -0.25) is 0 Å². The molecule has 2 heterocycles. The van der Waals surface area contributed by atoms with E-state index in [0.717, 1.165) is 0 Å². The lowest BCUT2D eigenvalue weighted by atomic mass is 10.3. The molecule has 0 saturated carbocycles. The predicted molar refractivity (Wildman–Crippen MR) is 42.5 cm³/mol. The van der Waals surface area contributed by atoms with Gasteiger partial charge in [-0.05, 0) is 6.07 Å². The first-order valence-electron chi connectivity index (χ1n) is 3.65. The van der Waals surface area contributed by atoms with Crippen LogP contribution < -0.4 is 0 Å². The third kappa shape index (κ3) is 1.04. The van der Waals surface area contributed by atoms with Crippen LogP contribution in [-0.4, -0.2) is 14.6 Å². The maximum atomic E-state index is 12.4. The van der Waals surface area contributed by atoms with Gasteiger partial charge in [-0.2, -0.15) is 10.4 Å². The van der Waals surface area contributed by atoms with Crippen molar-refractivity contribution in [3.8, 4) is 6.07 Å². The molecule has 2 rings (SSSR count). The molecule has 13 heavy (non-hydrogen) atoms. The Morgan fingerprint density at radius 3 is 3.15 bits per heavy atom. The smallest absolute Gasteiger partial charge is 0.173 e. The van der Waals surface area contributed by atoms with Gasteiger partial charge in [-0.25, -0.2) is 13.9 Å². The Kier molecular flexibility index (Phi) is 1.67. The number of aromatic nitrogens is 3. The second-order valence-electron chi connectivity index (χ2n) is 2.45. The number of alkyl halides is 1. The third-order valence-corrected chi connectivity index (χ3v) is 1.71. The van der Waals surface area contributed by atoms with Crippen molar-refractivity contribution in [2.75, 3.05) is 0 Å². The van der Waals surface area contributed by atoms with Crippen molar-refractivity contribution in [2.24, 2.45) is 0 Å². The van der Waals surface area contributed by atoms with Crippen LogP contribution in [0.3, 0.4) is 0 Å². The van der Waals surface area contributed by atoms with Gasteiger partial charge in [0.15, 0.2) is 5.65 Å². The summed E-state index contributed by atoms with van der Waals surface area (Å²) in [4.78, 5) is 3.93. The number of hydrogen-bond donors (Lipinski definition) is 0. The highest BCUT2D eigenvalue weighted by atomic mass is 19.1. The van der Waals surface area contributed by atoms with Crippen molar-refractivity contribution in [3.05, 3.63) is 29.7 Å². The first-order valence-corrected chi connectivity index (χ1v) is 3.65. The molecule has 0 amide bonds. The van der Waals surface area contributed by atoms with E-state index in [1.807, 2.05) is 6.07 Å². The highest BCUT2D eigenvalue weighted by molar-refractivity contribution is 5.56. The first kappa shape index (κ1) is 7.68. The van der Waals surface area contributed by atoms with Gasteiger partial charge in [0.1, 0.15) is 24.0 Å². The Labute approximate surface area is 73.2 Å². The minimum Gasteiger partial charge on any atom is -0.244 e. The Hall–Kier alpha value is -1.96. The van der Waals surface area contributed by atoms with E-state index >= 15 is 0 Å². The quantitative estimate of drug-likeness (QED) is 0.653. The van der Waals surface area contributed by atoms with Crippen LogP contribution >= 0.6 is 0 Å². The average Bonchev–Trinajstić information content (AvgIpc) is 2.55. The molecule has 0 radical (unpaired) electrons. The fourth-order valence-electron chi connectivity index (χ4n) is 1.14. The molecule has 64 valence electrons. The number of nitriles is 1. The monoisotopic (exact) mass is 176 g/mol. The average molecular weight is 176 g/mol. The minimum atomic E-state index is -0.744. The van der Waals surface area contributed by atoms with E-state index in [1.165, 1.54) is 4.52 Å². The van der Waals surface area contributed by atoms with Crippen molar-refractivity contribution in [1.82, 2.24) is 14.6 Å². The van der Waals surface area contributed by atoms with E-state index in [4.69, 9.17) is 5.26 Å². The molecule has 0 unspecified atom stereocenters. The predicted octanol–water partition coefficient (Wildman–Crippen LogP) is 1.07. The van der Waals surface area contributed by atoms with Crippen molar-refractivity contribution >= 4 is 5.65 Å². The van der Waals surface area contributed by atoms with Gasteiger partial charge in [0.25, 0.3) is 0 Å². The second kappa shape index (κ2) is 2.83. The summed E-state index contributed by atoms with van der Waals surface area (Å²) < 4.78 is 13.8. The molecule has 2 aromatic rings. The van der Waals surface area contributed by atoms with E-state index < -0.39 is 6.67 Å². The first-order chi connectivity index (χ1) is 6.36. The molecule has 5 heteroatoms. The molecule has 2 aromatic heterocycles. The van der Waals surface area contributed by atoms with E-state index in [-0.39, 0.29) is 11.3 Å². The van der Waals surface area contributed by atoms with Crippen molar-refractivity contribution in [3.63, 3.8) is 0 Å². The Balaban J connectivity index is 2.83. The summed E-state index contributed by atoms with van der Waals surface area (Å²) in [5, 5.41) is 12.6. The van der Waals surface area contributed by atoms with Crippen LogP contribution in [0.1, 0.15) is 11.3 Å². The second-order valence-corrected chi connectivity index (χ2v) is 2.45. The molecule has 0 aliphatic heterocycles. The van der Waals surface area contributed by atoms with E-state index in [1.54, 1.807) is 18.5 Å². The van der Waals surface area contributed by atoms with Gasteiger partial charge < -0.3 is 0 Å². The van der Waals surface area contributed by atoms with Gasteiger partial charge in [-0.1, -0.05) is 0 Å². The zero-order valence-corrected chi connectivity index (χ0v) is 6.61. The van der Waals surface area contributed by atoms with E-state index in [9.17, 15) is 4.39 Å². The lowest BCUT2D eigenvalue weighted by molar-refractivity contribution is 0.473. The summed E-state index contributed by atoms with van der Waals surface area (Å²) in [6, 6.07) is 3.55. The minimum absolute atomic E-state index is 0.140. The van der Waals surface area contributed by atoms with Gasteiger partial charge in [-0.15, -0.1) is 0 Å². The number of halogens is 1. The van der Waals surface area contributed by atoms with E-state index in [2.05, 4.69) is 10.1 Å². The fraction of sp³-hybridized carbons (Fsp3) is 0.125. The molecule has 0 aromatic carbocycles. The summed E-state index contributed by atoms with van der Waals surface area (Å²) in [5.74, 6) is 0. The topological polar surface area (TPSA) is 54.0 Å². The zero-order valence-electron chi connectivity index (χ0n) is 6.61. The number of nitrogens with zero attached hydrogens (tertiary/aromatic N) is 4.